The van der Waals surface area contributed by atoms with Crippen molar-refractivity contribution in [1.29, 1.82) is 0 Å². The Labute approximate surface area is 105 Å². The van der Waals surface area contributed by atoms with Crippen LogP contribution in [0.3, 0.4) is 0 Å². The molecular weight excluding hydrogens is 234 g/mol. The standard InChI is InChI=1S/C12H15N3O3/c1-9-2-5-13-12(11(9)15(17)18)14-6-3-10(8-16)4-7-14/h2,5,8,10H,3-4,6-7H2,1H3. The summed E-state index contributed by atoms with van der Waals surface area (Å²) >= 11 is 0. The van der Waals surface area contributed by atoms with Gasteiger partial charge in [0.15, 0.2) is 0 Å². The van der Waals surface area contributed by atoms with Gasteiger partial charge in [0.05, 0.1) is 4.92 Å². The van der Waals surface area contributed by atoms with Crippen LogP contribution in [0.25, 0.3) is 0 Å². The maximum absolute atomic E-state index is 11.1. The van der Waals surface area contributed by atoms with Crippen LogP contribution < -0.4 is 4.90 Å². The number of aryl methyl sites for hydroxylation is 1. The van der Waals surface area contributed by atoms with E-state index in [4.69, 9.17) is 0 Å². The quantitative estimate of drug-likeness (QED) is 0.463. The first-order valence-corrected chi connectivity index (χ1v) is 5.93. The molecule has 0 spiro atoms. The summed E-state index contributed by atoms with van der Waals surface area (Å²) in [5, 5.41) is 11.1. The average Bonchev–Trinajstić information content (AvgIpc) is 2.38. The van der Waals surface area contributed by atoms with Crippen molar-refractivity contribution in [3.05, 3.63) is 27.9 Å². The zero-order valence-electron chi connectivity index (χ0n) is 10.2. The number of nitro groups is 1. The highest BCUT2D eigenvalue weighted by Gasteiger charge is 2.27. The van der Waals surface area contributed by atoms with E-state index in [-0.39, 0.29) is 16.5 Å². The van der Waals surface area contributed by atoms with Gasteiger partial charge in [0, 0.05) is 30.8 Å². The molecule has 0 radical (unpaired) electrons. The van der Waals surface area contributed by atoms with Crippen molar-refractivity contribution >= 4 is 17.8 Å². The molecule has 0 N–H and O–H groups in total. The van der Waals surface area contributed by atoms with Gasteiger partial charge in [-0.05, 0) is 25.8 Å². The van der Waals surface area contributed by atoms with Crippen LogP contribution in [0.15, 0.2) is 12.3 Å². The van der Waals surface area contributed by atoms with Gasteiger partial charge in [-0.3, -0.25) is 10.1 Å². The number of piperidine rings is 1. The van der Waals surface area contributed by atoms with Crippen LogP contribution in [0, 0.1) is 23.0 Å². The predicted octanol–water partition coefficient (Wildman–Crippen LogP) is 1.71. The number of carbonyl (C=O) groups is 1. The monoisotopic (exact) mass is 249 g/mol. The Balaban J connectivity index is 2.26. The SMILES string of the molecule is Cc1ccnc(N2CCC(C=O)CC2)c1[N+](=O)[O-]. The van der Waals surface area contributed by atoms with E-state index in [0.717, 1.165) is 19.1 Å². The van der Waals surface area contributed by atoms with Crippen LogP contribution >= 0.6 is 0 Å². The highest BCUT2D eigenvalue weighted by molar-refractivity contribution is 5.62. The van der Waals surface area contributed by atoms with Crippen LogP contribution in [0.2, 0.25) is 0 Å². The Morgan fingerprint density at radius 2 is 2.17 bits per heavy atom. The molecule has 0 bridgehead atoms. The largest absolute Gasteiger partial charge is 0.351 e. The fourth-order valence-electron chi connectivity index (χ4n) is 2.24. The average molecular weight is 249 g/mol. The number of pyridine rings is 1. The molecule has 1 aliphatic rings. The number of carbonyl (C=O) groups excluding carboxylic acids is 1. The summed E-state index contributed by atoms with van der Waals surface area (Å²) in [5.41, 5.74) is 0.685. The number of hydrogen-bond acceptors (Lipinski definition) is 5. The molecule has 1 aromatic rings. The minimum Gasteiger partial charge on any atom is -0.351 e. The maximum atomic E-state index is 11.1. The van der Waals surface area contributed by atoms with E-state index in [9.17, 15) is 14.9 Å². The van der Waals surface area contributed by atoms with Crippen LogP contribution in [-0.2, 0) is 4.79 Å². The Hall–Kier alpha value is -1.98. The first kappa shape index (κ1) is 12.5. The van der Waals surface area contributed by atoms with Crippen molar-refractivity contribution in [3.8, 4) is 0 Å². The molecule has 2 heterocycles. The summed E-state index contributed by atoms with van der Waals surface area (Å²) in [7, 11) is 0. The minimum absolute atomic E-state index is 0.0713. The molecule has 0 saturated carbocycles. The highest BCUT2D eigenvalue weighted by atomic mass is 16.6. The van der Waals surface area contributed by atoms with Crippen molar-refractivity contribution in [2.45, 2.75) is 19.8 Å². The molecule has 0 unspecified atom stereocenters. The van der Waals surface area contributed by atoms with Gasteiger partial charge in [-0.1, -0.05) is 0 Å². The second-order valence-electron chi connectivity index (χ2n) is 4.52. The van der Waals surface area contributed by atoms with Gasteiger partial charge in [0.25, 0.3) is 0 Å². The van der Waals surface area contributed by atoms with E-state index in [0.29, 0.717) is 24.5 Å². The molecular formula is C12H15N3O3. The Kier molecular flexibility index (Phi) is 3.55. The molecule has 18 heavy (non-hydrogen) atoms. The van der Waals surface area contributed by atoms with Gasteiger partial charge in [-0.15, -0.1) is 0 Å². The third kappa shape index (κ3) is 2.32. The van der Waals surface area contributed by atoms with Gasteiger partial charge < -0.3 is 9.69 Å². The molecule has 6 heteroatoms. The molecule has 6 nitrogen and oxygen atoms in total. The number of aromatic nitrogens is 1. The fourth-order valence-corrected chi connectivity index (χ4v) is 2.24. The first-order chi connectivity index (χ1) is 8.63. The van der Waals surface area contributed by atoms with Crippen LogP contribution in [0.4, 0.5) is 11.5 Å². The number of hydrogen-bond donors (Lipinski definition) is 0. The summed E-state index contributed by atoms with van der Waals surface area (Å²) in [5.74, 6) is 0.495. The highest BCUT2D eigenvalue weighted by Crippen LogP contribution is 2.31. The Morgan fingerprint density at radius 1 is 1.50 bits per heavy atom. The fraction of sp³-hybridized carbons (Fsp3) is 0.500. The van der Waals surface area contributed by atoms with Crippen molar-refractivity contribution in [3.63, 3.8) is 0 Å². The van der Waals surface area contributed by atoms with Gasteiger partial charge in [0.1, 0.15) is 6.29 Å². The number of nitrogens with zero attached hydrogens (tertiary/aromatic N) is 3. The van der Waals surface area contributed by atoms with Crippen molar-refractivity contribution in [2.75, 3.05) is 18.0 Å². The normalized spacial score (nSPS) is 16.6. The Morgan fingerprint density at radius 3 is 2.72 bits per heavy atom. The van der Waals surface area contributed by atoms with E-state index in [1.807, 2.05) is 4.90 Å². The number of aldehydes is 1. The van der Waals surface area contributed by atoms with Crippen molar-refractivity contribution in [2.24, 2.45) is 5.92 Å². The van der Waals surface area contributed by atoms with Crippen LogP contribution in [0.1, 0.15) is 18.4 Å². The predicted molar refractivity (Wildman–Crippen MR) is 66.6 cm³/mol. The van der Waals surface area contributed by atoms with E-state index in [1.54, 1.807) is 19.2 Å². The zero-order valence-corrected chi connectivity index (χ0v) is 10.2. The summed E-state index contributed by atoms with van der Waals surface area (Å²) in [6.45, 7) is 2.99. The topological polar surface area (TPSA) is 76.3 Å². The van der Waals surface area contributed by atoms with Crippen molar-refractivity contribution < 1.29 is 9.72 Å². The lowest BCUT2D eigenvalue weighted by Gasteiger charge is -2.30. The second-order valence-corrected chi connectivity index (χ2v) is 4.52. The number of rotatable bonds is 3. The summed E-state index contributed by atoms with van der Waals surface area (Å²) in [4.78, 5) is 27.4. The lowest BCUT2D eigenvalue weighted by atomic mass is 9.98. The maximum Gasteiger partial charge on any atom is 0.314 e. The molecule has 1 aromatic heterocycles. The summed E-state index contributed by atoms with van der Waals surface area (Å²) in [6, 6.07) is 1.64. The molecule has 0 atom stereocenters. The lowest BCUT2D eigenvalue weighted by molar-refractivity contribution is -0.384. The zero-order chi connectivity index (χ0) is 13.1. The first-order valence-electron chi connectivity index (χ1n) is 5.93. The number of anilines is 1. The molecule has 0 aromatic carbocycles. The molecule has 0 amide bonds. The van der Waals surface area contributed by atoms with Crippen LogP contribution in [0.5, 0.6) is 0 Å². The molecule has 0 aliphatic carbocycles. The molecule has 2 rings (SSSR count). The van der Waals surface area contributed by atoms with Gasteiger partial charge in [0.2, 0.25) is 5.82 Å². The smallest absolute Gasteiger partial charge is 0.314 e. The summed E-state index contributed by atoms with van der Waals surface area (Å²) in [6.07, 6.45) is 4.02. The third-order valence-corrected chi connectivity index (χ3v) is 3.32. The summed E-state index contributed by atoms with van der Waals surface area (Å²) < 4.78 is 0. The van der Waals surface area contributed by atoms with E-state index in [1.165, 1.54) is 0 Å². The molecule has 1 aliphatic heterocycles. The van der Waals surface area contributed by atoms with E-state index >= 15 is 0 Å². The minimum atomic E-state index is -0.385. The van der Waals surface area contributed by atoms with E-state index in [2.05, 4.69) is 4.98 Å². The van der Waals surface area contributed by atoms with Crippen molar-refractivity contribution in [1.82, 2.24) is 4.98 Å². The third-order valence-electron chi connectivity index (χ3n) is 3.32. The Bertz CT molecular complexity index is 468. The lowest BCUT2D eigenvalue weighted by Crippen LogP contribution is -2.35. The van der Waals surface area contributed by atoms with E-state index < -0.39 is 0 Å². The molecule has 1 fully saturated rings. The van der Waals surface area contributed by atoms with Gasteiger partial charge >= 0.3 is 5.69 Å². The molecule has 96 valence electrons. The molecule has 1 saturated heterocycles. The van der Waals surface area contributed by atoms with Gasteiger partial charge in [-0.2, -0.15) is 0 Å². The van der Waals surface area contributed by atoms with Crippen LogP contribution in [-0.4, -0.2) is 29.3 Å². The second kappa shape index (κ2) is 5.12. The van der Waals surface area contributed by atoms with Gasteiger partial charge in [-0.25, -0.2) is 4.98 Å².